The van der Waals surface area contributed by atoms with Crippen molar-refractivity contribution in [3.63, 3.8) is 0 Å². The Bertz CT molecular complexity index is 499. The minimum absolute atomic E-state index is 0.155. The Labute approximate surface area is 130 Å². The Morgan fingerprint density at radius 2 is 1.91 bits per heavy atom. The van der Waals surface area contributed by atoms with Crippen LogP contribution < -0.4 is 0 Å². The van der Waals surface area contributed by atoms with Gasteiger partial charge in [0.15, 0.2) is 0 Å². The van der Waals surface area contributed by atoms with Crippen molar-refractivity contribution in [1.29, 1.82) is 0 Å². The number of urea groups is 1. The van der Waals surface area contributed by atoms with Crippen molar-refractivity contribution >= 4 is 6.03 Å². The molecule has 1 aromatic rings. The summed E-state index contributed by atoms with van der Waals surface area (Å²) in [6.07, 6.45) is 0.993. The highest BCUT2D eigenvalue weighted by atomic mass is 16.5. The molecule has 2 saturated heterocycles. The molecule has 3 heterocycles. The number of amides is 2. The van der Waals surface area contributed by atoms with Gasteiger partial charge >= 0.3 is 6.03 Å². The van der Waals surface area contributed by atoms with E-state index in [4.69, 9.17) is 9.26 Å². The molecule has 2 amide bonds. The number of aromatic nitrogens is 1. The second-order valence-corrected chi connectivity index (χ2v) is 5.93. The maximum absolute atomic E-state index is 12.5. The van der Waals surface area contributed by atoms with Crippen molar-refractivity contribution in [1.82, 2.24) is 19.9 Å². The summed E-state index contributed by atoms with van der Waals surface area (Å²) >= 11 is 0. The van der Waals surface area contributed by atoms with Crippen LogP contribution in [0.4, 0.5) is 4.79 Å². The fraction of sp³-hybridized carbons (Fsp3) is 0.733. The summed E-state index contributed by atoms with van der Waals surface area (Å²) in [5.74, 6) is 0.842. The number of carbonyl (C=O) groups is 1. The first kappa shape index (κ1) is 15.3. The van der Waals surface area contributed by atoms with Crippen molar-refractivity contribution in [2.24, 2.45) is 0 Å². The molecule has 3 rings (SSSR count). The molecule has 0 bridgehead atoms. The minimum atomic E-state index is 0.155. The van der Waals surface area contributed by atoms with Gasteiger partial charge < -0.3 is 19.1 Å². The molecule has 0 saturated carbocycles. The van der Waals surface area contributed by atoms with Crippen LogP contribution in [-0.2, 0) is 11.3 Å². The molecule has 0 atom stereocenters. The van der Waals surface area contributed by atoms with Crippen LogP contribution >= 0.6 is 0 Å². The van der Waals surface area contributed by atoms with Crippen LogP contribution in [0, 0.1) is 6.92 Å². The van der Waals surface area contributed by atoms with Gasteiger partial charge in [0.05, 0.1) is 18.9 Å². The van der Waals surface area contributed by atoms with Gasteiger partial charge in [-0.15, -0.1) is 0 Å². The smallest absolute Gasteiger partial charge is 0.320 e. The average molecular weight is 308 g/mol. The van der Waals surface area contributed by atoms with Crippen LogP contribution in [0.5, 0.6) is 0 Å². The summed E-state index contributed by atoms with van der Waals surface area (Å²) in [5.41, 5.74) is 0.963. The summed E-state index contributed by atoms with van der Waals surface area (Å²) in [6, 6.07) is 2.13. The van der Waals surface area contributed by atoms with Gasteiger partial charge in [0, 0.05) is 51.9 Å². The van der Waals surface area contributed by atoms with Gasteiger partial charge in [-0.25, -0.2) is 4.79 Å². The molecular weight excluding hydrogens is 284 g/mol. The van der Waals surface area contributed by atoms with E-state index in [2.05, 4.69) is 10.1 Å². The molecule has 2 aliphatic rings. The Morgan fingerprint density at radius 1 is 1.14 bits per heavy atom. The molecule has 0 spiro atoms. The van der Waals surface area contributed by atoms with Crippen LogP contribution in [0.15, 0.2) is 10.6 Å². The highest BCUT2D eigenvalue weighted by Gasteiger charge is 2.25. The van der Waals surface area contributed by atoms with Crippen LogP contribution in [0.1, 0.15) is 17.9 Å². The van der Waals surface area contributed by atoms with Crippen LogP contribution in [0.25, 0.3) is 0 Å². The molecule has 0 aliphatic carbocycles. The largest absolute Gasteiger partial charge is 0.378 e. The first-order valence-electron chi connectivity index (χ1n) is 7.98. The molecular formula is C15H24N4O3. The topological polar surface area (TPSA) is 62.0 Å². The highest BCUT2D eigenvalue weighted by Crippen LogP contribution is 2.11. The number of carbonyl (C=O) groups excluding carboxylic acids is 1. The molecule has 0 radical (unpaired) electrons. The Morgan fingerprint density at radius 3 is 2.64 bits per heavy atom. The van der Waals surface area contributed by atoms with Crippen molar-refractivity contribution in [2.75, 3.05) is 52.5 Å². The van der Waals surface area contributed by atoms with E-state index in [0.29, 0.717) is 26.3 Å². The first-order valence-corrected chi connectivity index (χ1v) is 7.98. The number of aryl methyl sites for hydroxylation is 1. The molecule has 22 heavy (non-hydrogen) atoms. The Hall–Kier alpha value is -1.60. The fourth-order valence-corrected chi connectivity index (χ4v) is 3.00. The maximum atomic E-state index is 12.5. The monoisotopic (exact) mass is 308 g/mol. The van der Waals surface area contributed by atoms with Crippen molar-refractivity contribution in [3.8, 4) is 0 Å². The van der Waals surface area contributed by atoms with Crippen LogP contribution in [0.2, 0.25) is 0 Å². The quantitative estimate of drug-likeness (QED) is 0.814. The summed E-state index contributed by atoms with van der Waals surface area (Å²) in [6.45, 7) is 8.86. The molecule has 7 nitrogen and oxygen atoms in total. The SMILES string of the molecule is Cc1cc(CN2CCCN(C(=O)N3CCOCC3)CC2)no1. The number of nitrogens with zero attached hydrogens (tertiary/aromatic N) is 4. The summed E-state index contributed by atoms with van der Waals surface area (Å²) in [5, 5.41) is 4.05. The van der Waals surface area contributed by atoms with Gasteiger partial charge in [0.1, 0.15) is 5.76 Å². The van der Waals surface area contributed by atoms with E-state index in [9.17, 15) is 4.79 Å². The second-order valence-electron chi connectivity index (χ2n) is 5.93. The maximum Gasteiger partial charge on any atom is 0.320 e. The van der Waals surface area contributed by atoms with Gasteiger partial charge in [-0.05, 0) is 13.3 Å². The van der Waals surface area contributed by atoms with E-state index in [1.54, 1.807) is 0 Å². The Balaban J connectivity index is 1.51. The lowest BCUT2D eigenvalue weighted by Crippen LogP contribution is -2.49. The van der Waals surface area contributed by atoms with E-state index >= 15 is 0 Å². The lowest BCUT2D eigenvalue weighted by Gasteiger charge is -2.32. The third-order valence-corrected chi connectivity index (χ3v) is 4.20. The predicted octanol–water partition coefficient (Wildman–Crippen LogP) is 0.943. The van der Waals surface area contributed by atoms with Gasteiger partial charge in [0.2, 0.25) is 0 Å². The standard InChI is InChI=1S/C15H24N4O3/c1-13-11-14(16-22-13)12-17-3-2-4-18(6-5-17)15(20)19-7-9-21-10-8-19/h11H,2-10,12H2,1H3. The third-order valence-electron chi connectivity index (χ3n) is 4.20. The summed E-state index contributed by atoms with van der Waals surface area (Å²) in [4.78, 5) is 18.7. The summed E-state index contributed by atoms with van der Waals surface area (Å²) < 4.78 is 10.4. The van der Waals surface area contributed by atoms with E-state index < -0.39 is 0 Å². The molecule has 0 N–H and O–H groups in total. The van der Waals surface area contributed by atoms with Gasteiger partial charge in [0.25, 0.3) is 0 Å². The second kappa shape index (κ2) is 7.11. The zero-order valence-corrected chi connectivity index (χ0v) is 13.2. The zero-order chi connectivity index (χ0) is 15.4. The van der Waals surface area contributed by atoms with Crippen molar-refractivity contribution in [3.05, 3.63) is 17.5 Å². The normalized spacial score (nSPS) is 21.0. The number of hydrogen-bond acceptors (Lipinski definition) is 5. The highest BCUT2D eigenvalue weighted by molar-refractivity contribution is 5.74. The zero-order valence-electron chi connectivity index (χ0n) is 13.2. The van der Waals surface area contributed by atoms with Crippen molar-refractivity contribution < 1.29 is 14.1 Å². The first-order chi connectivity index (χ1) is 10.7. The lowest BCUT2D eigenvalue weighted by molar-refractivity contribution is 0.0436. The van der Waals surface area contributed by atoms with E-state index in [-0.39, 0.29) is 6.03 Å². The van der Waals surface area contributed by atoms with Gasteiger partial charge in [-0.1, -0.05) is 5.16 Å². The molecule has 122 valence electrons. The van der Waals surface area contributed by atoms with Crippen LogP contribution in [0.3, 0.4) is 0 Å². The van der Waals surface area contributed by atoms with Gasteiger partial charge in [-0.2, -0.15) is 0 Å². The number of rotatable bonds is 2. The number of morpholine rings is 1. The summed E-state index contributed by atoms with van der Waals surface area (Å²) in [7, 11) is 0. The Kier molecular flexibility index (Phi) is 4.94. The number of hydrogen-bond donors (Lipinski definition) is 0. The lowest BCUT2D eigenvalue weighted by atomic mass is 10.3. The minimum Gasteiger partial charge on any atom is -0.378 e. The van der Waals surface area contributed by atoms with E-state index in [1.165, 1.54) is 0 Å². The third kappa shape index (κ3) is 3.78. The molecule has 7 heteroatoms. The molecule has 0 unspecified atom stereocenters. The molecule has 1 aromatic heterocycles. The predicted molar refractivity (Wildman–Crippen MR) is 80.5 cm³/mol. The number of ether oxygens (including phenoxy) is 1. The van der Waals surface area contributed by atoms with E-state index in [0.717, 1.165) is 50.6 Å². The van der Waals surface area contributed by atoms with Gasteiger partial charge in [-0.3, -0.25) is 4.90 Å². The molecule has 2 aliphatic heterocycles. The molecule has 0 aromatic carbocycles. The van der Waals surface area contributed by atoms with E-state index in [1.807, 2.05) is 22.8 Å². The van der Waals surface area contributed by atoms with Crippen LogP contribution in [-0.4, -0.2) is 78.4 Å². The van der Waals surface area contributed by atoms with Crippen molar-refractivity contribution in [2.45, 2.75) is 19.9 Å². The molecule has 2 fully saturated rings. The fourth-order valence-electron chi connectivity index (χ4n) is 3.00. The average Bonchev–Trinajstić information content (AvgIpc) is 2.81.